The number of nitrogens with zero attached hydrogens (tertiary/aromatic N) is 1. The fourth-order valence-electron chi connectivity index (χ4n) is 2.47. The molecule has 0 saturated carbocycles. The normalized spacial score (nSPS) is 34.7. The Balaban J connectivity index is 1.65. The molecule has 0 aromatic carbocycles. The summed E-state index contributed by atoms with van der Waals surface area (Å²) in [4.78, 5) is 2.44. The van der Waals surface area contributed by atoms with Crippen molar-refractivity contribution < 1.29 is 9.47 Å². The van der Waals surface area contributed by atoms with Crippen LogP contribution >= 0.6 is 0 Å². The van der Waals surface area contributed by atoms with Crippen LogP contribution in [-0.2, 0) is 9.47 Å². The van der Waals surface area contributed by atoms with Crippen molar-refractivity contribution in [2.45, 2.75) is 38.6 Å². The summed E-state index contributed by atoms with van der Waals surface area (Å²) in [6, 6.07) is 0. The van der Waals surface area contributed by atoms with Gasteiger partial charge in [-0.2, -0.15) is 0 Å². The number of rotatable bonds is 4. The zero-order valence-electron chi connectivity index (χ0n) is 10.7. The van der Waals surface area contributed by atoms with Crippen LogP contribution in [0.5, 0.6) is 0 Å². The third kappa shape index (κ3) is 3.17. The Labute approximate surface area is 98.3 Å². The van der Waals surface area contributed by atoms with Gasteiger partial charge in [0.05, 0.1) is 24.4 Å². The highest BCUT2D eigenvalue weighted by atomic mass is 16.5. The third-order valence-electron chi connectivity index (χ3n) is 3.35. The molecule has 2 saturated heterocycles. The van der Waals surface area contributed by atoms with E-state index in [-0.39, 0.29) is 5.60 Å². The molecule has 0 aromatic rings. The number of hydrogen-bond donors (Lipinski definition) is 1. The monoisotopic (exact) mass is 228 g/mol. The predicted molar refractivity (Wildman–Crippen MR) is 63.7 cm³/mol. The minimum absolute atomic E-state index is 0.0868. The van der Waals surface area contributed by atoms with Crippen LogP contribution in [0.2, 0.25) is 0 Å². The first-order chi connectivity index (χ1) is 7.57. The van der Waals surface area contributed by atoms with Gasteiger partial charge in [-0.05, 0) is 20.8 Å². The molecule has 0 aromatic heterocycles. The van der Waals surface area contributed by atoms with Gasteiger partial charge in [-0.25, -0.2) is 0 Å². The maximum Gasteiger partial charge on any atom is 0.0902 e. The van der Waals surface area contributed by atoms with Gasteiger partial charge in [-0.1, -0.05) is 0 Å². The average molecular weight is 228 g/mol. The lowest BCUT2D eigenvalue weighted by Crippen LogP contribution is -2.59. The third-order valence-corrected chi connectivity index (χ3v) is 3.35. The lowest BCUT2D eigenvalue weighted by Gasteiger charge is -2.40. The molecule has 4 nitrogen and oxygen atoms in total. The fraction of sp³-hybridized carbons (Fsp3) is 1.00. The Bertz CT molecular complexity index is 221. The Morgan fingerprint density at radius 3 is 2.44 bits per heavy atom. The van der Waals surface area contributed by atoms with E-state index in [1.54, 1.807) is 0 Å². The van der Waals surface area contributed by atoms with E-state index in [0.717, 1.165) is 39.3 Å². The lowest BCUT2D eigenvalue weighted by atomic mass is 10.0. The number of ether oxygens (including phenoxy) is 2. The quantitative estimate of drug-likeness (QED) is 0.758. The number of hydrogen-bond acceptors (Lipinski definition) is 4. The van der Waals surface area contributed by atoms with Crippen LogP contribution in [-0.4, -0.2) is 62.0 Å². The van der Waals surface area contributed by atoms with E-state index in [0.29, 0.717) is 12.2 Å². The molecule has 2 unspecified atom stereocenters. The lowest BCUT2D eigenvalue weighted by molar-refractivity contribution is -0.0974. The van der Waals surface area contributed by atoms with Crippen molar-refractivity contribution in [2.75, 3.05) is 39.3 Å². The number of morpholine rings is 1. The van der Waals surface area contributed by atoms with Crippen LogP contribution < -0.4 is 5.32 Å². The van der Waals surface area contributed by atoms with E-state index in [2.05, 4.69) is 31.0 Å². The van der Waals surface area contributed by atoms with Crippen molar-refractivity contribution in [3.63, 3.8) is 0 Å². The standard InChI is InChI=1S/C12H24N2O2/c1-10-6-14(7-11(2)16-10)4-5-15-12(3)8-13-9-12/h10-11,13H,4-9H2,1-3H3. The van der Waals surface area contributed by atoms with Gasteiger partial charge in [-0.3, -0.25) is 4.90 Å². The topological polar surface area (TPSA) is 33.7 Å². The van der Waals surface area contributed by atoms with Crippen LogP contribution in [0.25, 0.3) is 0 Å². The van der Waals surface area contributed by atoms with E-state index >= 15 is 0 Å². The maximum absolute atomic E-state index is 5.89. The Morgan fingerprint density at radius 1 is 1.31 bits per heavy atom. The second-order valence-corrected chi connectivity index (χ2v) is 5.42. The molecule has 2 heterocycles. The summed E-state index contributed by atoms with van der Waals surface area (Å²) in [5.41, 5.74) is 0.0868. The molecule has 0 bridgehead atoms. The van der Waals surface area contributed by atoms with Crippen molar-refractivity contribution in [1.29, 1.82) is 0 Å². The minimum Gasteiger partial charge on any atom is -0.373 e. The molecule has 2 fully saturated rings. The zero-order chi connectivity index (χ0) is 11.6. The molecular weight excluding hydrogens is 204 g/mol. The van der Waals surface area contributed by atoms with Crippen molar-refractivity contribution in [3.8, 4) is 0 Å². The van der Waals surface area contributed by atoms with E-state index in [1.807, 2.05) is 0 Å². The molecule has 0 aliphatic carbocycles. The maximum atomic E-state index is 5.89. The highest BCUT2D eigenvalue weighted by Gasteiger charge is 2.32. The van der Waals surface area contributed by atoms with Crippen molar-refractivity contribution in [2.24, 2.45) is 0 Å². The van der Waals surface area contributed by atoms with Gasteiger partial charge >= 0.3 is 0 Å². The predicted octanol–water partition coefficient (Wildman–Crippen LogP) is 0.474. The van der Waals surface area contributed by atoms with Crippen LogP contribution in [0.4, 0.5) is 0 Å². The highest BCUT2D eigenvalue weighted by molar-refractivity contribution is 4.90. The van der Waals surface area contributed by atoms with Gasteiger partial charge in [0.15, 0.2) is 0 Å². The smallest absolute Gasteiger partial charge is 0.0902 e. The van der Waals surface area contributed by atoms with E-state index in [9.17, 15) is 0 Å². The summed E-state index contributed by atoms with van der Waals surface area (Å²) in [6.45, 7) is 12.3. The largest absolute Gasteiger partial charge is 0.373 e. The molecule has 0 spiro atoms. The highest BCUT2D eigenvalue weighted by Crippen LogP contribution is 2.15. The van der Waals surface area contributed by atoms with Gasteiger partial charge < -0.3 is 14.8 Å². The molecule has 1 N–H and O–H groups in total. The minimum atomic E-state index is 0.0868. The Hall–Kier alpha value is -0.160. The van der Waals surface area contributed by atoms with Crippen LogP contribution in [0.3, 0.4) is 0 Å². The van der Waals surface area contributed by atoms with E-state index in [1.165, 1.54) is 0 Å². The number of nitrogens with one attached hydrogen (secondary N) is 1. The second-order valence-electron chi connectivity index (χ2n) is 5.42. The summed E-state index contributed by atoms with van der Waals surface area (Å²) in [7, 11) is 0. The molecule has 2 atom stereocenters. The molecule has 2 rings (SSSR count). The summed E-state index contributed by atoms with van der Waals surface area (Å²) >= 11 is 0. The second kappa shape index (κ2) is 5.00. The SMILES string of the molecule is CC1CN(CCOC2(C)CNC2)CC(C)O1. The molecular formula is C12H24N2O2. The molecule has 2 aliphatic rings. The summed E-state index contributed by atoms with van der Waals surface area (Å²) in [6.07, 6.45) is 0.703. The van der Waals surface area contributed by atoms with E-state index in [4.69, 9.17) is 9.47 Å². The van der Waals surface area contributed by atoms with Gasteiger partial charge in [-0.15, -0.1) is 0 Å². The Kier molecular flexibility index (Phi) is 3.85. The first-order valence-electron chi connectivity index (χ1n) is 6.30. The van der Waals surface area contributed by atoms with Gasteiger partial charge in [0.25, 0.3) is 0 Å². The zero-order valence-corrected chi connectivity index (χ0v) is 10.7. The van der Waals surface area contributed by atoms with Gasteiger partial charge in [0.2, 0.25) is 0 Å². The van der Waals surface area contributed by atoms with Crippen molar-refractivity contribution >= 4 is 0 Å². The first-order valence-corrected chi connectivity index (χ1v) is 6.30. The van der Waals surface area contributed by atoms with E-state index < -0.39 is 0 Å². The van der Waals surface area contributed by atoms with Crippen molar-refractivity contribution in [1.82, 2.24) is 10.2 Å². The van der Waals surface area contributed by atoms with Crippen LogP contribution in [0.15, 0.2) is 0 Å². The summed E-state index contributed by atoms with van der Waals surface area (Å²) < 4.78 is 11.6. The molecule has 4 heteroatoms. The summed E-state index contributed by atoms with van der Waals surface area (Å²) in [5, 5.41) is 3.25. The van der Waals surface area contributed by atoms with Crippen LogP contribution in [0, 0.1) is 0 Å². The Morgan fingerprint density at radius 2 is 1.94 bits per heavy atom. The van der Waals surface area contributed by atoms with Crippen molar-refractivity contribution in [3.05, 3.63) is 0 Å². The molecule has 94 valence electrons. The molecule has 2 aliphatic heterocycles. The van der Waals surface area contributed by atoms with Crippen LogP contribution in [0.1, 0.15) is 20.8 Å². The first kappa shape index (κ1) is 12.3. The fourth-order valence-corrected chi connectivity index (χ4v) is 2.47. The average Bonchev–Trinajstić information content (AvgIpc) is 2.13. The van der Waals surface area contributed by atoms with Gasteiger partial charge in [0, 0.05) is 32.7 Å². The molecule has 0 amide bonds. The molecule has 0 radical (unpaired) electrons. The molecule has 16 heavy (non-hydrogen) atoms. The van der Waals surface area contributed by atoms with Gasteiger partial charge in [0.1, 0.15) is 0 Å². The summed E-state index contributed by atoms with van der Waals surface area (Å²) in [5.74, 6) is 0.